The molecule has 18 heavy (non-hydrogen) atoms. The number of nitrogens with one attached hydrogen (secondary N) is 1. The highest BCUT2D eigenvalue weighted by Gasteiger charge is 2.49. The van der Waals surface area contributed by atoms with Gasteiger partial charge in [-0.1, -0.05) is 0 Å². The minimum absolute atomic E-state index is 0.0163. The lowest BCUT2D eigenvalue weighted by molar-refractivity contribution is -0.290. The number of hydrogen-bond acceptors (Lipinski definition) is 6. The number of aryl methyl sites for hydroxylation is 1. The first-order chi connectivity index (χ1) is 8.38. The highest BCUT2D eigenvalue weighted by molar-refractivity contribution is 5.03. The summed E-state index contributed by atoms with van der Waals surface area (Å²) < 4.78 is 5.78. The molecule has 0 amide bonds. The molecule has 0 aliphatic carbocycles. The number of nitrogens with zero attached hydrogens (tertiary/aromatic N) is 1. The highest BCUT2D eigenvalue weighted by Crippen LogP contribution is 2.31. The van der Waals surface area contributed by atoms with Crippen molar-refractivity contribution in [1.82, 2.24) is 9.55 Å². The second-order valence-corrected chi connectivity index (χ2v) is 4.27. The maximum atomic E-state index is 11.6. The first-order valence-electron chi connectivity index (χ1n) is 5.40. The summed E-state index contributed by atoms with van der Waals surface area (Å²) in [6.45, 7) is 1.06. The van der Waals surface area contributed by atoms with E-state index in [0.717, 1.165) is 6.20 Å². The van der Waals surface area contributed by atoms with Crippen molar-refractivity contribution in [2.24, 2.45) is 0 Å². The van der Waals surface area contributed by atoms with Gasteiger partial charge in [-0.05, 0) is 6.92 Å². The number of aromatic nitrogens is 2. The van der Waals surface area contributed by atoms with Crippen molar-refractivity contribution >= 4 is 0 Å². The summed E-state index contributed by atoms with van der Waals surface area (Å²) in [7, 11) is 0. The van der Waals surface area contributed by atoms with E-state index in [2.05, 4.69) is 0 Å². The van der Waals surface area contributed by atoms with Gasteiger partial charge in [-0.25, -0.2) is 9.36 Å². The number of rotatable bonds is 2. The summed E-state index contributed by atoms with van der Waals surface area (Å²) in [6, 6.07) is 0. The molecular weight excluding hydrogens is 244 g/mol. The topological polar surface area (TPSA) is 125 Å². The van der Waals surface area contributed by atoms with Gasteiger partial charge in [-0.15, -0.1) is 0 Å². The van der Waals surface area contributed by atoms with E-state index in [4.69, 9.17) is 9.84 Å². The van der Waals surface area contributed by atoms with E-state index in [9.17, 15) is 19.8 Å². The number of aliphatic hydroxyl groups is 3. The summed E-state index contributed by atoms with van der Waals surface area (Å²) in [4.78, 5) is 24.8. The largest absolute Gasteiger partial charge is 0.394 e. The maximum Gasteiger partial charge on any atom is 0.332 e. The SMILES string of the molecule is Cc1cn([C@]2(O)O[C@H](CO)CC2O)c(=O)[nH]c1=O. The molecule has 8 heteroatoms. The zero-order valence-electron chi connectivity index (χ0n) is 9.66. The van der Waals surface area contributed by atoms with Crippen molar-refractivity contribution in [1.29, 1.82) is 0 Å². The van der Waals surface area contributed by atoms with Crippen molar-refractivity contribution < 1.29 is 20.1 Å². The Balaban J connectivity index is 2.51. The van der Waals surface area contributed by atoms with Crippen molar-refractivity contribution in [3.05, 3.63) is 32.6 Å². The Hall–Kier alpha value is -1.48. The minimum atomic E-state index is -2.28. The molecule has 4 N–H and O–H groups in total. The Morgan fingerprint density at radius 1 is 1.61 bits per heavy atom. The fourth-order valence-corrected chi connectivity index (χ4v) is 1.91. The lowest BCUT2D eigenvalue weighted by Crippen LogP contribution is -2.50. The Bertz CT molecular complexity index is 564. The summed E-state index contributed by atoms with van der Waals surface area (Å²) >= 11 is 0. The van der Waals surface area contributed by atoms with E-state index in [-0.39, 0.29) is 12.0 Å². The van der Waals surface area contributed by atoms with Crippen LogP contribution in [0.15, 0.2) is 15.8 Å². The molecule has 1 aliphatic heterocycles. The fraction of sp³-hybridized carbons (Fsp3) is 0.600. The number of hydrogen-bond donors (Lipinski definition) is 4. The van der Waals surface area contributed by atoms with Gasteiger partial charge >= 0.3 is 5.69 Å². The highest BCUT2D eigenvalue weighted by atomic mass is 16.7. The van der Waals surface area contributed by atoms with Crippen molar-refractivity contribution in [3.8, 4) is 0 Å². The Morgan fingerprint density at radius 2 is 2.28 bits per heavy atom. The number of aliphatic hydroxyl groups excluding tert-OH is 2. The van der Waals surface area contributed by atoms with Crippen LogP contribution in [0.25, 0.3) is 0 Å². The van der Waals surface area contributed by atoms with Crippen LogP contribution in [0.2, 0.25) is 0 Å². The molecular formula is C10H14N2O6. The number of aromatic amines is 1. The molecule has 1 aromatic heterocycles. The zero-order chi connectivity index (χ0) is 13.5. The predicted molar refractivity (Wildman–Crippen MR) is 58.8 cm³/mol. The lowest BCUT2D eigenvalue weighted by atomic mass is 10.2. The molecule has 1 unspecified atom stereocenters. The van der Waals surface area contributed by atoms with E-state index >= 15 is 0 Å². The first-order valence-corrected chi connectivity index (χ1v) is 5.40. The van der Waals surface area contributed by atoms with Crippen LogP contribution in [0.5, 0.6) is 0 Å². The maximum absolute atomic E-state index is 11.6. The molecule has 0 radical (unpaired) electrons. The zero-order valence-corrected chi connectivity index (χ0v) is 9.66. The van der Waals surface area contributed by atoms with Crippen molar-refractivity contribution in [2.75, 3.05) is 6.61 Å². The average Bonchev–Trinajstić information content (AvgIpc) is 2.61. The molecule has 0 spiro atoms. The van der Waals surface area contributed by atoms with Crippen molar-refractivity contribution in [2.45, 2.75) is 31.5 Å². The van der Waals surface area contributed by atoms with Gasteiger partial charge in [0.2, 0.25) is 0 Å². The summed E-state index contributed by atoms with van der Waals surface area (Å²) in [6.07, 6.45) is -1.07. The van der Waals surface area contributed by atoms with E-state index in [1.54, 1.807) is 0 Å². The molecule has 100 valence electrons. The second-order valence-electron chi connectivity index (χ2n) is 4.27. The molecule has 1 fully saturated rings. The molecule has 2 heterocycles. The molecule has 0 bridgehead atoms. The second kappa shape index (κ2) is 4.32. The Morgan fingerprint density at radius 3 is 2.83 bits per heavy atom. The quantitative estimate of drug-likeness (QED) is 0.468. The van der Waals surface area contributed by atoms with Crippen LogP contribution < -0.4 is 11.2 Å². The standard InChI is InChI=1S/C10H14N2O6/c1-5-3-12(9(16)11-8(5)15)10(17)7(14)2-6(4-13)18-10/h3,6-7,13-14,17H,2,4H2,1H3,(H,11,15,16)/t6-,7?,10+/m0/s1. The van der Waals surface area contributed by atoms with Crippen LogP contribution >= 0.6 is 0 Å². The summed E-state index contributed by atoms with van der Waals surface area (Å²) in [5.74, 6) is -2.28. The van der Waals surface area contributed by atoms with Crippen LogP contribution in [0.3, 0.4) is 0 Å². The van der Waals surface area contributed by atoms with E-state index in [0.29, 0.717) is 4.57 Å². The van der Waals surface area contributed by atoms with Gasteiger partial charge in [0.05, 0.1) is 12.7 Å². The molecule has 3 atom stereocenters. The van der Waals surface area contributed by atoms with Crippen LogP contribution in [-0.4, -0.2) is 43.7 Å². The van der Waals surface area contributed by atoms with Crippen LogP contribution in [-0.2, 0) is 10.6 Å². The van der Waals surface area contributed by atoms with Crippen LogP contribution in [0.4, 0.5) is 0 Å². The molecule has 1 saturated heterocycles. The molecule has 1 aliphatic rings. The van der Waals surface area contributed by atoms with Gasteiger partial charge < -0.3 is 20.1 Å². The molecule has 1 aromatic rings. The van der Waals surface area contributed by atoms with Gasteiger partial charge in [-0.3, -0.25) is 9.78 Å². The smallest absolute Gasteiger partial charge is 0.332 e. The molecule has 8 nitrogen and oxygen atoms in total. The Labute approximate surface area is 101 Å². The van der Waals surface area contributed by atoms with Gasteiger partial charge in [0, 0.05) is 18.2 Å². The van der Waals surface area contributed by atoms with E-state index in [1.807, 2.05) is 4.98 Å². The number of H-pyrrole nitrogens is 1. The third-order valence-corrected chi connectivity index (χ3v) is 2.93. The fourth-order valence-electron chi connectivity index (χ4n) is 1.91. The third-order valence-electron chi connectivity index (χ3n) is 2.93. The third kappa shape index (κ3) is 1.89. The average molecular weight is 258 g/mol. The van der Waals surface area contributed by atoms with E-state index < -0.39 is 36.0 Å². The monoisotopic (exact) mass is 258 g/mol. The molecule has 0 aromatic carbocycles. The molecule has 2 rings (SSSR count). The Kier molecular flexibility index (Phi) is 3.11. The summed E-state index contributed by atoms with van der Waals surface area (Å²) in [5, 5.41) is 28.9. The van der Waals surface area contributed by atoms with Gasteiger partial charge in [0.1, 0.15) is 6.10 Å². The van der Waals surface area contributed by atoms with Gasteiger partial charge in [0.25, 0.3) is 11.5 Å². The van der Waals surface area contributed by atoms with Crippen molar-refractivity contribution in [3.63, 3.8) is 0 Å². The lowest BCUT2D eigenvalue weighted by Gasteiger charge is -2.27. The molecule has 0 saturated carbocycles. The van der Waals surface area contributed by atoms with Crippen LogP contribution in [0, 0.1) is 6.92 Å². The summed E-state index contributed by atoms with van der Waals surface area (Å²) in [5.41, 5.74) is -1.29. The first kappa shape index (κ1) is 13.0. The normalized spacial score (nSPS) is 31.8. The minimum Gasteiger partial charge on any atom is -0.394 e. The van der Waals surface area contributed by atoms with Crippen LogP contribution in [0.1, 0.15) is 12.0 Å². The predicted octanol–water partition coefficient (Wildman–Crippen LogP) is -2.41. The van der Waals surface area contributed by atoms with Gasteiger partial charge in [-0.2, -0.15) is 0 Å². The van der Waals surface area contributed by atoms with Gasteiger partial charge in [0.15, 0.2) is 0 Å². The van der Waals surface area contributed by atoms with E-state index in [1.165, 1.54) is 6.92 Å². The number of ether oxygens (including phenoxy) is 1.